The monoisotopic (exact) mass is 263 g/mol. The molecule has 0 spiro atoms. The van der Waals surface area contributed by atoms with E-state index >= 15 is 0 Å². The summed E-state index contributed by atoms with van der Waals surface area (Å²) in [6, 6.07) is 5.33. The summed E-state index contributed by atoms with van der Waals surface area (Å²) in [5, 5.41) is 0.659. The van der Waals surface area contributed by atoms with Crippen LogP contribution in [0.1, 0.15) is 23.6 Å². The van der Waals surface area contributed by atoms with E-state index < -0.39 is 13.0 Å². The molecule has 0 heterocycles. The van der Waals surface area contributed by atoms with Crippen LogP contribution in [0.25, 0.3) is 0 Å². The van der Waals surface area contributed by atoms with Crippen molar-refractivity contribution in [3.05, 3.63) is 34.3 Å². The molecule has 2 N–H and O–H groups in total. The fourth-order valence-corrected chi connectivity index (χ4v) is 1.58. The Kier molecular flexibility index (Phi) is 5.82. The van der Waals surface area contributed by atoms with Gasteiger partial charge in [0.15, 0.2) is 0 Å². The van der Waals surface area contributed by atoms with E-state index in [0.29, 0.717) is 11.4 Å². The number of rotatable bonds is 6. The van der Waals surface area contributed by atoms with E-state index in [4.69, 9.17) is 22.1 Å². The van der Waals surface area contributed by atoms with Gasteiger partial charge in [-0.2, -0.15) is 0 Å². The third-order valence-corrected chi connectivity index (χ3v) is 2.85. The standard InChI is InChI=1S/C12H16ClF2NO/c1-8-2-3-9(6-10(8)13)11(16)4-5-17-7-12(14)15/h2-3,6,11-12H,4-5,7,16H2,1H3. The van der Waals surface area contributed by atoms with Crippen LogP contribution in [0.4, 0.5) is 8.78 Å². The van der Waals surface area contributed by atoms with E-state index in [2.05, 4.69) is 0 Å². The van der Waals surface area contributed by atoms with Crippen LogP contribution in [-0.2, 0) is 4.74 Å². The second-order valence-corrected chi connectivity index (χ2v) is 4.28. The summed E-state index contributed by atoms with van der Waals surface area (Å²) in [4.78, 5) is 0. The van der Waals surface area contributed by atoms with Crippen molar-refractivity contribution < 1.29 is 13.5 Å². The average molecular weight is 264 g/mol. The zero-order valence-electron chi connectivity index (χ0n) is 9.63. The topological polar surface area (TPSA) is 35.2 Å². The smallest absolute Gasteiger partial charge is 0.261 e. The molecule has 0 saturated carbocycles. The third kappa shape index (κ3) is 4.98. The molecule has 96 valence electrons. The number of halogens is 3. The van der Waals surface area contributed by atoms with Crippen molar-refractivity contribution >= 4 is 11.6 Å². The Hall–Kier alpha value is -0.710. The molecule has 1 atom stereocenters. The van der Waals surface area contributed by atoms with Crippen LogP contribution in [0.5, 0.6) is 0 Å². The van der Waals surface area contributed by atoms with Crippen LogP contribution in [0, 0.1) is 6.92 Å². The normalized spacial score (nSPS) is 13.1. The minimum absolute atomic E-state index is 0.219. The second kappa shape index (κ2) is 6.89. The molecule has 0 fully saturated rings. The van der Waals surface area contributed by atoms with Crippen molar-refractivity contribution in [2.24, 2.45) is 5.73 Å². The van der Waals surface area contributed by atoms with E-state index in [0.717, 1.165) is 11.1 Å². The van der Waals surface area contributed by atoms with Crippen LogP contribution in [-0.4, -0.2) is 19.6 Å². The molecule has 0 radical (unpaired) electrons. The molecule has 0 aliphatic heterocycles. The third-order valence-electron chi connectivity index (χ3n) is 2.44. The Morgan fingerprint density at radius 2 is 2.12 bits per heavy atom. The minimum Gasteiger partial charge on any atom is -0.375 e. The van der Waals surface area contributed by atoms with E-state index in [1.807, 2.05) is 19.1 Å². The van der Waals surface area contributed by atoms with Gasteiger partial charge in [0.05, 0.1) is 0 Å². The Labute approximate surface area is 105 Å². The van der Waals surface area contributed by atoms with Crippen LogP contribution in [0.15, 0.2) is 18.2 Å². The van der Waals surface area contributed by atoms with E-state index in [1.165, 1.54) is 0 Å². The average Bonchev–Trinajstić information content (AvgIpc) is 2.27. The first kappa shape index (κ1) is 14.4. The van der Waals surface area contributed by atoms with Crippen molar-refractivity contribution in [2.45, 2.75) is 25.8 Å². The molecule has 1 aromatic rings. The Balaban J connectivity index is 2.41. The second-order valence-electron chi connectivity index (χ2n) is 3.87. The van der Waals surface area contributed by atoms with Gasteiger partial charge in [-0.3, -0.25) is 0 Å². The summed E-state index contributed by atoms with van der Waals surface area (Å²) in [6.45, 7) is 1.59. The van der Waals surface area contributed by atoms with Crippen LogP contribution >= 0.6 is 11.6 Å². The summed E-state index contributed by atoms with van der Waals surface area (Å²) in [6.07, 6.45) is -1.94. The molecule has 0 bridgehead atoms. The molecule has 1 unspecified atom stereocenters. The van der Waals surface area contributed by atoms with Crippen LogP contribution < -0.4 is 5.73 Å². The fourth-order valence-electron chi connectivity index (χ4n) is 1.39. The number of hydrogen-bond acceptors (Lipinski definition) is 2. The highest BCUT2D eigenvalue weighted by Gasteiger charge is 2.08. The van der Waals surface area contributed by atoms with Gasteiger partial charge in [-0.05, 0) is 30.5 Å². The zero-order valence-corrected chi connectivity index (χ0v) is 10.4. The Bertz CT molecular complexity index is 360. The van der Waals surface area contributed by atoms with Gasteiger partial charge in [-0.1, -0.05) is 23.7 Å². The molecule has 1 aromatic carbocycles. The van der Waals surface area contributed by atoms with Crippen LogP contribution in [0.2, 0.25) is 5.02 Å². The van der Waals surface area contributed by atoms with Gasteiger partial charge in [-0.15, -0.1) is 0 Å². The first-order valence-electron chi connectivity index (χ1n) is 5.38. The Morgan fingerprint density at radius 3 is 2.71 bits per heavy atom. The first-order chi connectivity index (χ1) is 8.00. The van der Waals surface area contributed by atoms with Gasteiger partial charge in [0.2, 0.25) is 0 Å². The first-order valence-corrected chi connectivity index (χ1v) is 5.76. The highest BCUT2D eigenvalue weighted by Crippen LogP contribution is 2.21. The number of ether oxygens (including phenoxy) is 1. The number of hydrogen-bond donors (Lipinski definition) is 1. The van der Waals surface area contributed by atoms with Gasteiger partial charge in [0.1, 0.15) is 6.61 Å². The zero-order chi connectivity index (χ0) is 12.8. The highest BCUT2D eigenvalue weighted by atomic mass is 35.5. The molecule has 2 nitrogen and oxygen atoms in total. The lowest BCUT2D eigenvalue weighted by molar-refractivity contribution is 0.0152. The SMILES string of the molecule is Cc1ccc(C(N)CCOCC(F)F)cc1Cl. The summed E-state index contributed by atoms with van der Waals surface area (Å²) in [7, 11) is 0. The predicted octanol–water partition coefficient (Wildman–Crippen LogP) is 3.32. The van der Waals surface area contributed by atoms with Gasteiger partial charge in [-0.25, -0.2) is 8.78 Å². The van der Waals surface area contributed by atoms with Crippen molar-refractivity contribution in [1.29, 1.82) is 0 Å². The van der Waals surface area contributed by atoms with Gasteiger partial charge < -0.3 is 10.5 Å². The summed E-state index contributed by atoms with van der Waals surface area (Å²) in [5.41, 5.74) is 7.78. The number of aryl methyl sites for hydroxylation is 1. The molecule has 0 saturated heterocycles. The van der Waals surface area contributed by atoms with Crippen molar-refractivity contribution in [3.63, 3.8) is 0 Å². The largest absolute Gasteiger partial charge is 0.375 e. The van der Waals surface area contributed by atoms with Gasteiger partial charge in [0.25, 0.3) is 6.43 Å². The maximum absolute atomic E-state index is 11.8. The van der Waals surface area contributed by atoms with E-state index in [9.17, 15) is 8.78 Å². The fraction of sp³-hybridized carbons (Fsp3) is 0.500. The molecule has 17 heavy (non-hydrogen) atoms. The van der Waals surface area contributed by atoms with Crippen molar-refractivity contribution in [3.8, 4) is 0 Å². The summed E-state index contributed by atoms with van der Waals surface area (Å²) in [5.74, 6) is 0. The molecule has 0 aliphatic rings. The highest BCUT2D eigenvalue weighted by molar-refractivity contribution is 6.31. The maximum Gasteiger partial charge on any atom is 0.261 e. The lowest BCUT2D eigenvalue weighted by atomic mass is 10.0. The molecule has 0 amide bonds. The van der Waals surface area contributed by atoms with Crippen molar-refractivity contribution in [2.75, 3.05) is 13.2 Å². The van der Waals surface area contributed by atoms with E-state index in [1.54, 1.807) is 6.07 Å². The molecule has 1 rings (SSSR count). The molecular weight excluding hydrogens is 248 g/mol. The quantitative estimate of drug-likeness (QED) is 0.799. The molecule has 0 aliphatic carbocycles. The lowest BCUT2D eigenvalue weighted by Crippen LogP contribution is -2.14. The van der Waals surface area contributed by atoms with Crippen LogP contribution in [0.3, 0.4) is 0 Å². The number of alkyl halides is 2. The van der Waals surface area contributed by atoms with Crippen molar-refractivity contribution in [1.82, 2.24) is 0 Å². The number of benzene rings is 1. The summed E-state index contributed by atoms with van der Waals surface area (Å²) < 4.78 is 28.4. The molecule has 5 heteroatoms. The van der Waals surface area contributed by atoms with Gasteiger partial charge >= 0.3 is 0 Å². The predicted molar refractivity (Wildman–Crippen MR) is 64.6 cm³/mol. The lowest BCUT2D eigenvalue weighted by Gasteiger charge is -2.13. The molecule has 0 aromatic heterocycles. The minimum atomic E-state index is -2.43. The Morgan fingerprint density at radius 1 is 1.41 bits per heavy atom. The van der Waals surface area contributed by atoms with Gasteiger partial charge in [0, 0.05) is 17.7 Å². The maximum atomic E-state index is 11.8. The number of nitrogens with two attached hydrogens (primary N) is 1. The van der Waals surface area contributed by atoms with E-state index in [-0.39, 0.29) is 12.6 Å². The molecular formula is C12H16ClF2NO. The summed E-state index contributed by atoms with van der Waals surface area (Å²) >= 11 is 5.97.